The lowest BCUT2D eigenvalue weighted by atomic mass is 10.6. The third-order valence-electron chi connectivity index (χ3n) is 1.16. The number of sulfone groups is 1. The van der Waals surface area contributed by atoms with Gasteiger partial charge in [0.25, 0.3) is 0 Å². The van der Waals surface area contributed by atoms with E-state index in [0.717, 1.165) is 0 Å². The summed E-state index contributed by atoms with van der Waals surface area (Å²) in [5, 5.41) is 0. The van der Waals surface area contributed by atoms with Gasteiger partial charge >= 0.3 is 0 Å². The first-order chi connectivity index (χ1) is 5.09. The summed E-state index contributed by atoms with van der Waals surface area (Å²) in [5.74, 6) is 0. The van der Waals surface area contributed by atoms with Crippen molar-refractivity contribution in [2.45, 2.75) is 0 Å². The van der Waals surface area contributed by atoms with Crippen molar-refractivity contribution in [1.29, 1.82) is 0 Å². The first kappa shape index (κ1) is 8.89. The van der Waals surface area contributed by atoms with Crippen molar-refractivity contribution in [3.63, 3.8) is 0 Å². The minimum Gasteiger partial charge on any atom is -0.379 e. The predicted octanol–water partition coefficient (Wildman–Crippen LogP) is 0.654. The summed E-state index contributed by atoms with van der Waals surface area (Å²) < 4.78 is 26.9. The Morgan fingerprint density at radius 2 is 2.36 bits per heavy atom. The van der Waals surface area contributed by atoms with E-state index in [4.69, 9.17) is 0 Å². The fourth-order valence-electron chi connectivity index (χ4n) is 0.627. The topological polar surface area (TPSA) is 55.7 Å². The number of hydrogen-bond donors (Lipinski definition) is 0. The van der Waals surface area contributed by atoms with Crippen molar-refractivity contribution in [1.82, 2.24) is 0 Å². The first-order valence-electron chi connectivity index (χ1n) is 2.75. The van der Waals surface area contributed by atoms with Gasteiger partial charge in [0.05, 0.1) is 11.5 Å². The molecular weight excluding hydrogens is 234 g/mol. The van der Waals surface area contributed by atoms with Crippen LogP contribution in [0.2, 0.25) is 0 Å². The van der Waals surface area contributed by atoms with Crippen molar-refractivity contribution in [3.05, 3.63) is 11.1 Å². The van der Waals surface area contributed by atoms with Gasteiger partial charge in [-0.3, -0.25) is 0 Å². The largest absolute Gasteiger partial charge is 0.379 e. The number of rotatable bonds is 2. The van der Waals surface area contributed by atoms with E-state index >= 15 is 0 Å². The van der Waals surface area contributed by atoms with E-state index in [1.165, 1.54) is 13.3 Å². The molecule has 6 heteroatoms. The van der Waals surface area contributed by atoms with Crippen LogP contribution < -0.4 is 0 Å². The van der Waals surface area contributed by atoms with Crippen LogP contribution in [0.3, 0.4) is 0 Å². The highest BCUT2D eigenvalue weighted by atomic mass is 79.9. The molecule has 0 unspecified atom stereocenters. The fourth-order valence-corrected chi connectivity index (χ4v) is 2.23. The molecule has 0 aromatic heterocycles. The molecule has 11 heavy (non-hydrogen) atoms. The highest BCUT2D eigenvalue weighted by Crippen LogP contribution is 2.20. The SMILES string of the molecule is COCC1=CN=C(Br)S1(=O)=O. The maximum Gasteiger partial charge on any atom is 0.230 e. The molecule has 0 aromatic carbocycles. The summed E-state index contributed by atoms with van der Waals surface area (Å²) in [6.45, 7) is 0.0704. The van der Waals surface area contributed by atoms with Crippen LogP contribution in [0.1, 0.15) is 0 Å². The van der Waals surface area contributed by atoms with Crippen LogP contribution in [-0.4, -0.2) is 26.1 Å². The zero-order valence-corrected chi connectivity index (χ0v) is 8.15. The molecule has 0 aromatic rings. The average molecular weight is 240 g/mol. The average Bonchev–Trinajstić information content (AvgIpc) is 2.16. The van der Waals surface area contributed by atoms with Gasteiger partial charge in [0.1, 0.15) is 0 Å². The van der Waals surface area contributed by atoms with E-state index in [9.17, 15) is 8.42 Å². The second kappa shape index (κ2) is 3.04. The van der Waals surface area contributed by atoms with E-state index in [2.05, 4.69) is 25.7 Å². The van der Waals surface area contributed by atoms with Crippen LogP contribution in [0.15, 0.2) is 16.1 Å². The van der Waals surface area contributed by atoms with Gasteiger partial charge in [-0.15, -0.1) is 0 Å². The Hall–Kier alpha value is -0.200. The lowest BCUT2D eigenvalue weighted by molar-refractivity contribution is 0.230. The van der Waals surface area contributed by atoms with Crippen molar-refractivity contribution in [2.75, 3.05) is 13.7 Å². The maximum absolute atomic E-state index is 11.2. The molecule has 0 spiro atoms. The van der Waals surface area contributed by atoms with Gasteiger partial charge in [-0.05, 0) is 15.9 Å². The van der Waals surface area contributed by atoms with E-state index in [1.807, 2.05) is 0 Å². The number of ether oxygens (including phenoxy) is 1. The van der Waals surface area contributed by atoms with Crippen LogP contribution in [0.25, 0.3) is 0 Å². The van der Waals surface area contributed by atoms with Gasteiger partial charge in [-0.1, -0.05) is 0 Å². The third kappa shape index (κ3) is 1.52. The van der Waals surface area contributed by atoms with E-state index < -0.39 is 9.84 Å². The van der Waals surface area contributed by atoms with Gasteiger partial charge in [-0.25, -0.2) is 13.4 Å². The first-order valence-corrected chi connectivity index (χ1v) is 5.03. The summed E-state index contributed by atoms with van der Waals surface area (Å²) in [6, 6.07) is 0. The third-order valence-corrected chi connectivity index (χ3v) is 4.11. The van der Waals surface area contributed by atoms with E-state index in [1.54, 1.807) is 0 Å². The quantitative estimate of drug-likeness (QED) is 0.712. The van der Waals surface area contributed by atoms with Crippen LogP contribution in [0.5, 0.6) is 0 Å². The molecule has 0 bridgehead atoms. The van der Waals surface area contributed by atoms with Crippen LogP contribution in [0, 0.1) is 0 Å². The summed E-state index contributed by atoms with van der Waals surface area (Å²) in [5.41, 5.74) is 0. The van der Waals surface area contributed by atoms with Crippen molar-refractivity contribution in [2.24, 2.45) is 4.99 Å². The molecule has 0 N–H and O–H groups in total. The van der Waals surface area contributed by atoms with Gasteiger partial charge in [0, 0.05) is 13.3 Å². The van der Waals surface area contributed by atoms with Crippen LogP contribution in [0.4, 0.5) is 0 Å². The maximum atomic E-state index is 11.2. The second-order valence-electron chi connectivity index (χ2n) is 1.91. The lowest BCUT2D eigenvalue weighted by Crippen LogP contribution is -2.10. The van der Waals surface area contributed by atoms with Gasteiger partial charge in [-0.2, -0.15) is 0 Å². The zero-order chi connectivity index (χ0) is 8.48. The Balaban J connectivity index is 2.93. The summed E-state index contributed by atoms with van der Waals surface area (Å²) >= 11 is 2.82. The number of halogens is 1. The van der Waals surface area contributed by atoms with E-state index in [-0.39, 0.29) is 15.5 Å². The minimum absolute atomic E-state index is 0.0444. The highest BCUT2D eigenvalue weighted by Gasteiger charge is 2.27. The molecule has 4 nitrogen and oxygen atoms in total. The summed E-state index contributed by atoms with van der Waals surface area (Å²) in [7, 11) is -1.89. The molecule has 1 aliphatic heterocycles. The molecule has 1 aliphatic rings. The Labute approximate surface area is 73.0 Å². The highest BCUT2D eigenvalue weighted by molar-refractivity contribution is 9.21. The monoisotopic (exact) mass is 239 g/mol. The van der Waals surface area contributed by atoms with Crippen molar-refractivity contribution >= 4 is 29.7 Å². The zero-order valence-electron chi connectivity index (χ0n) is 5.74. The molecule has 0 atom stereocenters. The molecule has 0 saturated heterocycles. The van der Waals surface area contributed by atoms with Gasteiger partial charge in [0.2, 0.25) is 13.8 Å². The normalized spacial score (nSPS) is 21.3. The Kier molecular flexibility index (Phi) is 2.46. The Bertz CT molecular complexity index is 317. The number of aliphatic imine (C=N–C) groups is 1. The molecule has 0 aliphatic carbocycles. The Morgan fingerprint density at radius 3 is 2.73 bits per heavy atom. The number of methoxy groups -OCH3 is 1. The standard InChI is InChI=1S/C5H6BrNO3S/c1-10-3-4-2-7-5(6)11(4,8)9/h2H,3H2,1H3. The summed E-state index contributed by atoms with van der Waals surface area (Å²) in [6.07, 6.45) is 1.28. The smallest absolute Gasteiger partial charge is 0.230 e. The molecule has 0 fully saturated rings. The Morgan fingerprint density at radius 1 is 1.73 bits per heavy atom. The molecule has 1 heterocycles. The molecule has 0 amide bonds. The summed E-state index contributed by atoms with van der Waals surface area (Å²) in [4.78, 5) is 3.78. The molecule has 0 saturated carbocycles. The van der Waals surface area contributed by atoms with Crippen molar-refractivity contribution < 1.29 is 13.2 Å². The second-order valence-corrected chi connectivity index (χ2v) is 5.11. The molecule has 62 valence electrons. The fraction of sp³-hybridized carbons (Fsp3) is 0.400. The number of nitrogens with zero attached hydrogens (tertiary/aromatic N) is 1. The molecular formula is C5H6BrNO3S. The minimum atomic E-state index is -3.33. The van der Waals surface area contributed by atoms with Gasteiger partial charge in [0.15, 0.2) is 0 Å². The predicted molar refractivity (Wildman–Crippen MR) is 45.2 cm³/mol. The van der Waals surface area contributed by atoms with Crippen LogP contribution >= 0.6 is 15.9 Å². The van der Waals surface area contributed by atoms with E-state index in [0.29, 0.717) is 0 Å². The molecule has 1 rings (SSSR count). The van der Waals surface area contributed by atoms with Crippen LogP contribution in [-0.2, 0) is 14.6 Å². The van der Waals surface area contributed by atoms with Gasteiger partial charge < -0.3 is 4.74 Å². The lowest BCUT2D eigenvalue weighted by Gasteiger charge is -1.98. The van der Waals surface area contributed by atoms with Crippen molar-refractivity contribution in [3.8, 4) is 0 Å². The molecule has 0 radical (unpaired) electrons. The number of hydrogen-bond acceptors (Lipinski definition) is 4.